The van der Waals surface area contributed by atoms with E-state index in [1.165, 1.54) is 20.4 Å². The summed E-state index contributed by atoms with van der Waals surface area (Å²) < 4.78 is 10.3. The van der Waals surface area contributed by atoms with Crippen LogP contribution in [-0.2, 0) is 0 Å². The highest BCUT2D eigenvalue weighted by Gasteiger charge is 2.19. The summed E-state index contributed by atoms with van der Waals surface area (Å²) in [7, 11) is 2.99. The summed E-state index contributed by atoms with van der Waals surface area (Å²) in [5, 5.41) is 19.1. The molecule has 0 bridgehead atoms. The van der Waals surface area contributed by atoms with Crippen molar-refractivity contribution in [2.24, 2.45) is 0 Å². The largest absolute Gasteiger partial charge is 0.479 e. The van der Waals surface area contributed by atoms with Gasteiger partial charge in [0.1, 0.15) is 0 Å². The molecule has 134 valence electrons. The fourth-order valence-corrected chi connectivity index (χ4v) is 2.85. The van der Waals surface area contributed by atoms with Crippen molar-refractivity contribution < 1.29 is 14.3 Å². The van der Waals surface area contributed by atoms with E-state index in [1.807, 2.05) is 19.9 Å². The Morgan fingerprint density at radius 1 is 1.00 bits per heavy atom. The molecule has 3 aromatic heterocycles. The molecule has 0 saturated carbocycles. The molecule has 0 atom stereocenters. The van der Waals surface area contributed by atoms with E-state index in [4.69, 9.17) is 9.47 Å². The number of aromatic nitrogens is 5. The van der Waals surface area contributed by atoms with Crippen LogP contribution in [0.15, 0.2) is 18.3 Å². The normalized spacial score (nSPS) is 10.5. The molecule has 0 saturated heterocycles. The van der Waals surface area contributed by atoms with Crippen molar-refractivity contribution >= 4 is 22.4 Å². The zero-order valence-electron chi connectivity index (χ0n) is 14.6. The number of methoxy groups -OCH3 is 2. The number of aryl methyl sites for hydroxylation is 2. The van der Waals surface area contributed by atoms with Crippen molar-refractivity contribution in [2.45, 2.75) is 13.8 Å². The number of nitrogens with zero attached hydrogens (tertiary/aromatic N) is 5. The predicted octanol–water partition coefficient (Wildman–Crippen LogP) is 2.28. The van der Waals surface area contributed by atoms with Gasteiger partial charge in [-0.25, -0.2) is 0 Å². The summed E-state index contributed by atoms with van der Waals surface area (Å²) in [6.07, 6.45) is 1.51. The molecule has 0 fully saturated rings. The maximum Gasteiger partial charge on any atom is 0.295 e. The van der Waals surface area contributed by atoms with Crippen molar-refractivity contribution in [3.05, 3.63) is 35.3 Å². The van der Waals surface area contributed by atoms with Crippen LogP contribution in [0, 0.1) is 13.8 Å². The zero-order chi connectivity index (χ0) is 18.7. The maximum atomic E-state index is 12.8. The van der Waals surface area contributed by atoms with Crippen LogP contribution in [0.25, 0.3) is 11.1 Å². The third kappa shape index (κ3) is 3.59. The number of nitrogens with one attached hydrogen (secondary N) is 1. The van der Waals surface area contributed by atoms with E-state index in [-0.39, 0.29) is 5.91 Å². The van der Waals surface area contributed by atoms with Crippen LogP contribution in [0.2, 0.25) is 0 Å². The number of pyridine rings is 1. The highest BCUT2D eigenvalue weighted by Crippen LogP contribution is 2.32. The summed E-state index contributed by atoms with van der Waals surface area (Å²) in [5.41, 5.74) is 3.11. The summed E-state index contributed by atoms with van der Waals surface area (Å²) in [5.74, 6) is -0.0457. The smallest absolute Gasteiger partial charge is 0.295 e. The molecule has 0 aliphatic carbocycles. The van der Waals surface area contributed by atoms with E-state index < -0.39 is 0 Å². The monoisotopic (exact) mass is 372 g/mol. The maximum absolute atomic E-state index is 12.8. The molecule has 10 heteroatoms. The lowest BCUT2D eigenvalue weighted by Crippen LogP contribution is -2.14. The standard InChI is InChI=1S/C16H16N6O3S/c1-8-5-10(11-6-9(2)19-20-14(11)24-3)12(7-17-8)13(23)18-15-21-22-16(25-4)26-15/h5-7H,1-4H3,(H,18,21,23). The molecule has 0 aliphatic heterocycles. The second-order valence-corrected chi connectivity index (χ2v) is 6.25. The highest BCUT2D eigenvalue weighted by molar-refractivity contribution is 7.17. The SMILES string of the molecule is COc1nnc(NC(=O)c2cnc(C)cc2-c2cc(C)nnc2OC)s1. The van der Waals surface area contributed by atoms with Crippen molar-refractivity contribution in [3.8, 4) is 22.2 Å². The number of amides is 1. The third-order valence-corrected chi connectivity index (χ3v) is 4.25. The van der Waals surface area contributed by atoms with E-state index in [9.17, 15) is 4.79 Å². The molecule has 0 aromatic carbocycles. The second-order valence-electron chi connectivity index (χ2n) is 5.31. The summed E-state index contributed by atoms with van der Waals surface area (Å²) in [4.78, 5) is 17.0. The summed E-state index contributed by atoms with van der Waals surface area (Å²) >= 11 is 1.13. The van der Waals surface area contributed by atoms with Crippen LogP contribution in [0.1, 0.15) is 21.7 Å². The minimum atomic E-state index is -0.372. The van der Waals surface area contributed by atoms with E-state index in [2.05, 4.69) is 30.7 Å². The molecule has 0 spiro atoms. The topological polar surface area (TPSA) is 112 Å². The minimum absolute atomic E-state index is 0.327. The first kappa shape index (κ1) is 17.7. The van der Waals surface area contributed by atoms with Gasteiger partial charge in [-0.2, -0.15) is 5.10 Å². The molecule has 3 heterocycles. The number of hydrogen-bond acceptors (Lipinski definition) is 9. The Morgan fingerprint density at radius 3 is 2.46 bits per heavy atom. The van der Waals surface area contributed by atoms with E-state index in [0.717, 1.165) is 17.0 Å². The Labute approximate surface area is 153 Å². The van der Waals surface area contributed by atoms with Gasteiger partial charge in [-0.1, -0.05) is 5.10 Å². The molecule has 26 heavy (non-hydrogen) atoms. The van der Waals surface area contributed by atoms with Crippen LogP contribution >= 0.6 is 11.3 Å². The van der Waals surface area contributed by atoms with Gasteiger partial charge in [-0.3, -0.25) is 15.1 Å². The van der Waals surface area contributed by atoms with Gasteiger partial charge in [0.15, 0.2) is 0 Å². The average molecular weight is 372 g/mol. The number of carbonyl (C=O) groups excluding carboxylic acids is 1. The van der Waals surface area contributed by atoms with Gasteiger partial charge in [-0.05, 0) is 37.3 Å². The third-order valence-electron chi connectivity index (χ3n) is 3.45. The van der Waals surface area contributed by atoms with Crippen molar-refractivity contribution in [1.82, 2.24) is 25.4 Å². The average Bonchev–Trinajstić information content (AvgIpc) is 3.09. The van der Waals surface area contributed by atoms with Crippen LogP contribution in [0.4, 0.5) is 5.13 Å². The Bertz CT molecular complexity index is 959. The molecular formula is C16H16N6O3S. The van der Waals surface area contributed by atoms with Crippen LogP contribution < -0.4 is 14.8 Å². The zero-order valence-corrected chi connectivity index (χ0v) is 15.4. The van der Waals surface area contributed by atoms with Gasteiger partial charge in [-0.15, -0.1) is 10.2 Å². The van der Waals surface area contributed by atoms with Gasteiger partial charge in [0.2, 0.25) is 11.0 Å². The lowest BCUT2D eigenvalue weighted by atomic mass is 10.0. The molecular weight excluding hydrogens is 356 g/mol. The van der Waals surface area contributed by atoms with E-state index in [0.29, 0.717) is 38.6 Å². The minimum Gasteiger partial charge on any atom is -0.479 e. The summed E-state index contributed by atoms with van der Waals surface area (Å²) in [6, 6.07) is 3.61. The Kier molecular flexibility index (Phi) is 5.03. The number of rotatable bonds is 5. The van der Waals surface area contributed by atoms with Gasteiger partial charge >= 0.3 is 0 Å². The van der Waals surface area contributed by atoms with E-state index in [1.54, 1.807) is 6.07 Å². The van der Waals surface area contributed by atoms with Crippen molar-refractivity contribution in [1.29, 1.82) is 0 Å². The molecule has 0 unspecified atom stereocenters. The van der Waals surface area contributed by atoms with Gasteiger partial charge in [0.05, 0.1) is 25.5 Å². The first-order chi connectivity index (χ1) is 12.5. The Morgan fingerprint density at radius 2 is 1.77 bits per heavy atom. The second kappa shape index (κ2) is 7.40. The first-order valence-electron chi connectivity index (χ1n) is 7.56. The van der Waals surface area contributed by atoms with E-state index >= 15 is 0 Å². The van der Waals surface area contributed by atoms with Crippen molar-refractivity contribution in [2.75, 3.05) is 19.5 Å². The van der Waals surface area contributed by atoms with Crippen LogP contribution in [0.3, 0.4) is 0 Å². The predicted molar refractivity (Wildman–Crippen MR) is 95.7 cm³/mol. The molecule has 1 N–H and O–H groups in total. The van der Waals surface area contributed by atoms with Crippen molar-refractivity contribution in [3.63, 3.8) is 0 Å². The van der Waals surface area contributed by atoms with Gasteiger partial charge in [0, 0.05) is 23.0 Å². The summed E-state index contributed by atoms with van der Waals surface area (Å²) in [6.45, 7) is 3.66. The quantitative estimate of drug-likeness (QED) is 0.726. The van der Waals surface area contributed by atoms with Crippen LogP contribution in [-0.4, -0.2) is 45.5 Å². The Balaban J connectivity index is 2.03. The number of ether oxygens (including phenoxy) is 2. The fraction of sp³-hybridized carbons (Fsp3) is 0.250. The van der Waals surface area contributed by atoms with Gasteiger partial charge in [0.25, 0.3) is 11.1 Å². The molecule has 3 rings (SSSR count). The highest BCUT2D eigenvalue weighted by atomic mass is 32.1. The lowest BCUT2D eigenvalue weighted by Gasteiger charge is -2.12. The van der Waals surface area contributed by atoms with Crippen LogP contribution in [0.5, 0.6) is 11.1 Å². The lowest BCUT2D eigenvalue weighted by molar-refractivity contribution is 0.102. The fourth-order valence-electron chi connectivity index (χ4n) is 2.29. The molecule has 9 nitrogen and oxygen atoms in total. The Hall–Kier alpha value is -3.14. The first-order valence-corrected chi connectivity index (χ1v) is 8.37. The number of carbonyl (C=O) groups is 1. The molecule has 3 aromatic rings. The van der Waals surface area contributed by atoms with Gasteiger partial charge < -0.3 is 9.47 Å². The number of hydrogen-bond donors (Lipinski definition) is 1. The molecule has 0 radical (unpaired) electrons. The molecule has 1 amide bonds. The number of anilines is 1. The molecule has 0 aliphatic rings.